The maximum atomic E-state index is 11.4. The van der Waals surface area contributed by atoms with Crippen molar-refractivity contribution < 1.29 is 9.90 Å². The van der Waals surface area contributed by atoms with Crippen LogP contribution in [-0.2, 0) is 11.2 Å². The van der Waals surface area contributed by atoms with Crippen molar-refractivity contribution in [2.24, 2.45) is 5.73 Å². The first kappa shape index (κ1) is 11.7. The molecule has 1 heterocycles. The number of nitrogens with zero attached hydrogens (tertiary/aromatic N) is 1. The Balaban J connectivity index is 2.35. The van der Waals surface area contributed by atoms with Crippen LogP contribution in [0.15, 0.2) is 18.5 Å². The van der Waals surface area contributed by atoms with Gasteiger partial charge in [0.25, 0.3) is 5.91 Å². The highest BCUT2D eigenvalue weighted by molar-refractivity contribution is 5.80. The molecule has 0 aromatic carbocycles. The Morgan fingerprint density at radius 2 is 2.47 bits per heavy atom. The topological polar surface area (TPSA) is 82.3 Å². The summed E-state index contributed by atoms with van der Waals surface area (Å²) >= 11 is 0. The number of hydrogen-bond acceptors (Lipinski definition) is 3. The summed E-state index contributed by atoms with van der Waals surface area (Å²) in [4.78, 5) is 15.9. The highest BCUT2D eigenvalue weighted by atomic mass is 16.3. The molecule has 1 aromatic rings. The number of nitrogens with one attached hydrogen (secondary N) is 1. The summed E-state index contributed by atoms with van der Waals surface area (Å²) in [6.07, 6.45) is 3.41. The van der Waals surface area contributed by atoms with Crippen LogP contribution < -0.4 is 5.73 Å². The molecule has 0 aliphatic heterocycles. The van der Waals surface area contributed by atoms with E-state index in [0.29, 0.717) is 6.54 Å². The van der Waals surface area contributed by atoms with Gasteiger partial charge in [-0.2, -0.15) is 0 Å². The molecule has 0 saturated heterocycles. The number of aliphatic hydroxyl groups excluding tert-OH is 1. The Morgan fingerprint density at radius 1 is 1.73 bits per heavy atom. The molecule has 84 valence electrons. The number of likely N-dealkylation sites (N-methyl/N-ethyl adjacent to an activating group) is 1. The second-order valence-electron chi connectivity index (χ2n) is 3.48. The van der Waals surface area contributed by atoms with Crippen LogP contribution in [0.3, 0.4) is 0 Å². The zero-order valence-electron chi connectivity index (χ0n) is 8.81. The van der Waals surface area contributed by atoms with Crippen LogP contribution in [-0.4, -0.2) is 47.1 Å². The van der Waals surface area contributed by atoms with Gasteiger partial charge in [0.1, 0.15) is 6.10 Å². The van der Waals surface area contributed by atoms with Gasteiger partial charge in [0.15, 0.2) is 0 Å². The normalized spacial score (nSPS) is 12.5. The van der Waals surface area contributed by atoms with E-state index in [1.165, 1.54) is 4.90 Å². The summed E-state index contributed by atoms with van der Waals surface area (Å²) in [7, 11) is 1.66. The number of H-pyrrole nitrogens is 1. The summed E-state index contributed by atoms with van der Waals surface area (Å²) in [6, 6.07) is 1.96. The second kappa shape index (κ2) is 5.53. The zero-order chi connectivity index (χ0) is 11.3. The minimum absolute atomic E-state index is 0.0344. The molecular weight excluding hydrogens is 194 g/mol. The van der Waals surface area contributed by atoms with Crippen LogP contribution in [0.4, 0.5) is 0 Å². The molecule has 1 atom stereocenters. The van der Waals surface area contributed by atoms with Gasteiger partial charge in [-0.1, -0.05) is 0 Å². The first-order valence-corrected chi connectivity index (χ1v) is 4.90. The summed E-state index contributed by atoms with van der Waals surface area (Å²) in [5.74, 6) is -0.326. The fourth-order valence-electron chi connectivity index (χ4n) is 1.28. The molecule has 0 bridgehead atoms. The number of carbonyl (C=O) groups is 1. The van der Waals surface area contributed by atoms with Crippen molar-refractivity contribution in [3.05, 3.63) is 24.0 Å². The predicted molar refractivity (Wildman–Crippen MR) is 57.2 cm³/mol. The number of rotatable bonds is 5. The van der Waals surface area contributed by atoms with Gasteiger partial charge in [-0.25, -0.2) is 0 Å². The van der Waals surface area contributed by atoms with Gasteiger partial charge in [-0.05, 0) is 18.1 Å². The van der Waals surface area contributed by atoms with Crippen molar-refractivity contribution in [2.45, 2.75) is 12.5 Å². The molecule has 1 rings (SSSR count). The number of aliphatic hydroxyl groups is 1. The molecule has 1 unspecified atom stereocenters. The van der Waals surface area contributed by atoms with E-state index in [1.807, 2.05) is 18.5 Å². The first-order valence-electron chi connectivity index (χ1n) is 4.90. The third kappa shape index (κ3) is 3.38. The minimum atomic E-state index is -1.08. The lowest BCUT2D eigenvalue weighted by molar-refractivity contribution is -0.138. The fraction of sp³-hybridized carbons (Fsp3) is 0.500. The zero-order valence-corrected chi connectivity index (χ0v) is 8.81. The van der Waals surface area contributed by atoms with E-state index in [2.05, 4.69) is 4.98 Å². The van der Waals surface area contributed by atoms with Crippen molar-refractivity contribution >= 4 is 5.91 Å². The van der Waals surface area contributed by atoms with Gasteiger partial charge in [0.05, 0.1) is 0 Å². The molecule has 0 spiro atoms. The lowest BCUT2D eigenvalue weighted by Gasteiger charge is -2.19. The summed E-state index contributed by atoms with van der Waals surface area (Å²) in [5.41, 5.74) is 6.33. The van der Waals surface area contributed by atoms with Crippen molar-refractivity contribution in [3.63, 3.8) is 0 Å². The van der Waals surface area contributed by atoms with E-state index in [0.717, 1.165) is 12.0 Å². The molecule has 0 saturated carbocycles. The molecule has 0 aliphatic carbocycles. The van der Waals surface area contributed by atoms with E-state index in [-0.39, 0.29) is 12.5 Å². The Labute approximate surface area is 88.9 Å². The molecule has 0 fully saturated rings. The van der Waals surface area contributed by atoms with Crippen LogP contribution in [0.25, 0.3) is 0 Å². The fourth-order valence-corrected chi connectivity index (χ4v) is 1.28. The Kier molecular flexibility index (Phi) is 4.33. The predicted octanol–water partition coefficient (Wildman–Crippen LogP) is -0.665. The third-order valence-corrected chi connectivity index (χ3v) is 2.28. The number of hydrogen-bond donors (Lipinski definition) is 3. The van der Waals surface area contributed by atoms with E-state index in [4.69, 9.17) is 5.73 Å². The summed E-state index contributed by atoms with van der Waals surface area (Å²) in [5, 5.41) is 9.23. The van der Waals surface area contributed by atoms with E-state index in [1.54, 1.807) is 7.05 Å². The number of carbonyl (C=O) groups excluding carboxylic acids is 1. The van der Waals surface area contributed by atoms with Crippen LogP contribution >= 0.6 is 0 Å². The Morgan fingerprint density at radius 3 is 3.00 bits per heavy atom. The molecular formula is C10H17N3O2. The summed E-state index contributed by atoms with van der Waals surface area (Å²) in [6.45, 7) is 0.543. The van der Waals surface area contributed by atoms with E-state index in [9.17, 15) is 9.90 Å². The highest BCUT2D eigenvalue weighted by Crippen LogP contribution is 2.00. The number of amides is 1. The van der Waals surface area contributed by atoms with Crippen molar-refractivity contribution in [3.8, 4) is 0 Å². The van der Waals surface area contributed by atoms with E-state index >= 15 is 0 Å². The van der Waals surface area contributed by atoms with Gasteiger partial charge >= 0.3 is 0 Å². The molecule has 1 amide bonds. The van der Waals surface area contributed by atoms with Crippen LogP contribution in [0.5, 0.6) is 0 Å². The highest BCUT2D eigenvalue weighted by Gasteiger charge is 2.17. The molecule has 0 radical (unpaired) electrons. The van der Waals surface area contributed by atoms with Gasteiger partial charge in [-0.15, -0.1) is 0 Å². The van der Waals surface area contributed by atoms with Crippen LogP contribution in [0.1, 0.15) is 5.56 Å². The second-order valence-corrected chi connectivity index (χ2v) is 3.48. The quantitative estimate of drug-likeness (QED) is 0.604. The molecule has 1 aromatic heterocycles. The summed E-state index contributed by atoms with van der Waals surface area (Å²) < 4.78 is 0. The average Bonchev–Trinajstić information content (AvgIpc) is 2.76. The van der Waals surface area contributed by atoms with Crippen LogP contribution in [0.2, 0.25) is 0 Å². The SMILES string of the molecule is CN(CCc1cc[nH]c1)C(=O)C(O)CN. The maximum absolute atomic E-state index is 11.4. The maximum Gasteiger partial charge on any atom is 0.252 e. The van der Waals surface area contributed by atoms with Gasteiger partial charge in [0, 0.05) is 32.5 Å². The van der Waals surface area contributed by atoms with E-state index < -0.39 is 6.10 Å². The number of nitrogens with two attached hydrogens (primary N) is 1. The molecule has 5 heteroatoms. The van der Waals surface area contributed by atoms with Crippen molar-refractivity contribution in [2.75, 3.05) is 20.1 Å². The first-order chi connectivity index (χ1) is 7.15. The number of aromatic nitrogens is 1. The lowest BCUT2D eigenvalue weighted by Crippen LogP contribution is -2.41. The number of aromatic amines is 1. The third-order valence-electron chi connectivity index (χ3n) is 2.28. The monoisotopic (exact) mass is 211 g/mol. The minimum Gasteiger partial charge on any atom is -0.382 e. The smallest absolute Gasteiger partial charge is 0.252 e. The average molecular weight is 211 g/mol. The van der Waals surface area contributed by atoms with Gasteiger partial charge < -0.3 is 20.7 Å². The standard InChI is InChI=1S/C10H17N3O2/c1-13(10(15)9(14)6-11)5-3-8-2-4-12-7-8/h2,4,7,9,12,14H,3,5-6,11H2,1H3. The molecule has 5 nitrogen and oxygen atoms in total. The Hall–Kier alpha value is -1.33. The molecule has 15 heavy (non-hydrogen) atoms. The molecule has 4 N–H and O–H groups in total. The van der Waals surface area contributed by atoms with Crippen molar-refractivity contribution in [1.82, 2.24) is 9.88 Å². The van der Waals surface area contributed by atoms with Crippen LogP contribution in [0, 0.1) is 0 Å². The van der Waals surface area contributed by atoms with Crippen molar-refractivity contribution in [1.29, 1.82) is 0 Å². The van der Waals surface area contributed by atoms with Gasteiger partial charge in [0.2, 0.25) is 0 Å². The Bertz CT molecular complexity index is 298. The van der Waals surface area contributed by atoms with Gasteiger partial charge in [-0.3, -0.25) is 4.79 Å². The largest absolute Gasteiger partial charge is 0.382 e. The lowest BCUT2D eigenvalue weighted by atomic mass is 10.2. The molecule has 0 aliphatic rings.